The Hall–Kier alpha value is -4.48. The fourth-order valence-corrected chi connectivity index (χ4v) is 7.31. The molecule has 0 rings (SSSR count). The van der Waals surface area contributed by atoms with E-state index in [1.165, 1.54) is 77.0 Å². The molecule has 0 heterocycles. The monoisotopic (exact) mass is 991 g/mol. The molecule has 0 N–H and O–H groups in total. The molecule has 0 aliphatic carbocycles. The molecule has 0 aliphatic rings. The van der Waals surface area contributed by atoms with Crippen LogP contribution in [0.4, 0.5) is 0 Å². The maximum absolute atomic E-state index is 12.9. The van der Waals surface area contributed by atoms with Crippen LogP contribution in [-0.2, 0) is 23.8 Å². The first kappa shape index (κ1) is 67.5. The number of carbonyl (C=O) groups excluding carboxylic acids is 2. The summed E-state index contributed by atoms with van der Waals surface area (Å²) in [5.74, 6) is -0.541. The number of carbonyl (C=O) groups is 2. The van der Waals surface area contributed by atoms with Crippen molar-refractivity contribution in [3.63, 3.8) is 0 Å². The Morgan fingerprint density at radius 3 is 1.07 bits per heavy atom. The molecule has 0 spiro atoms. The third-order valence-electron chi connectivity index (χ3n) is 11.5. The van der Waals surface area contributed by atoms with E-state index in [9.17, 15) is 9.59 Å². The molecule has 0 radical (unpaired) electrons. The van der Waals surface area contributed by atoms with Gasteiger partial charge in [-0.05, 0) is 128 Å². The summed E-state index contributed by atoms with van der Waals surface area (Å²) in [4.78, 5) is 25.5. The predicted molar refractivity (Wildman–Crippen MR) is 315 cm³/mol. The van der Waals surface area contributed by atoms with E-state index in [0.717, 1.165) is 109 Å². The van der Waals surface area contributed by atoms with E-state index in [0.29, 0.717) is 19.4 Å². The first-order chi connectivity index (χ1) is 35.6. The van der Waals surface area contributed by atoms with Crippen molar-refractivity contribution in [2.75, 3.05) is 19.8 Å². The smallest absolute Gasteiger partial charge is 0.306 e. The van der Waals surface area contributed by atoms with Gasteiger partial charge in [-0.3, -0.25) is 9.59 Å². The minimum Gasteiger partial charge on any atom is -0.462 e. The highest BCUT2D eigenvalue weighted by Gasteiger charge is 2.17. The van der Waals surface area contributed by atoms with Gasteiger partial charge in [-0.1, -0.05) is 243 Å². The quantitative estimate of drug-likeness (QED) is 0.0345. The SMILES string of the molecule is CC/C=C\C/C=C\C/C=C\C/C=C\C/C=C\C/C=C\CCCOCC(COC(=O)CC/C=C\C/C=C\C/C=C\C/C=C\C/C=C\C/C=C\CC)OC(=O)CCCCCCCCC/C=C\CCCCCCCC. The molecule has 0 saturated carbocycles. The van der Waals surface area contributed by atoms with Crippen LogP contribution in [0.5, 0.6) is 0 Å². The average Bonchev–Trinajstić information content (AvgIpc) is 3.38. The van der Waals surface area contributed by atoms with Crippen molar-refractivity contribution < 1.29 is 23.8 Å². The summed E-state index contributed by atoms with van der Waals surface area (Å²) in [7, 11) is 0. The largest absolute Gasteiger partial charge is 0.462 e. The molecule has 0 saturated heterocycles. The van der Waals surface area contributed by atoms with Crippen molar-refractivity contribution in [3.8, 4) is 0 Å². The molecule has 0 bridgehead atoms. The summed E-state index contributed by atoms with van der Waals surface area (Å²) in [6.07, 6.45) is 90.0. The Bertz CT molecular complexity index is 1590. The number of rotatable bonds is 51. The van der Waals surface area contributed by atoms with Crippen LogP contribution in [0.3, 0.4) is 0 Å². The van der Waals surface area contributed by atoms with E-state index in [2.05, 4.69) is 173 Å². The lowest BCUT2D eigenvalue weighted by Gasteiger charge is -2.18. The lowest BCUT2D eigenvalue weighted by Crippen LogP contribution is -2.30. The fourth-order valence-electron chi connectivity index (χ4n) is 7.31. The van der Waals surface area contributed by atoms with E-state index in [1.807, 2.05) is 6.08 Å². The highest BCUT2D eigenvalue weighted by Crippen LogP contribution is 2.13. The van der Waals surface area contributed by atoms with E-state index in [1.54, 1.807) is 0 Å². The molecule has 0 fully saturated rings. The van der Waals surface area contributed by atoms with Crippen molar-refractivity contribution in [2.24, 2.45) is 0 Å². The van der Waals surface area contributed by atoms with Gasteiger partial charge >= 0.3 is 11.9 Å². The molecule has 404 valence electrons. The van der Waals surface area contributed by atoms with Crippen LogP contribution in [0.25, 0.3) is 0 Å². The summed E-state index contributed by atoms with van der Waals surface area (Å²) in [6, 6.07) is 0. The van der Waals surface area contributed by atoms with Gasteiger partial charge in [-0.25, -0.2) is 0 Å². The first-order valence-electron chi connectivity index (χ1n) is 29.0. The van der Waals surface area contributed by atoms with Crippen molar-refractivity contribution in [1.82, 2.24) is 0 Å². The number of hydrogen-bond donors (Lipinski definition) is 0. The summed E-state index contributed by atoms with van der Waals surface area (Å²) in [5.41, 5.74) is 0. The van der Waals surface area contributed by atoms with Crippen LogP contribution in [-0.4, -0.2) is 37.9 Å². The predicted octanol–water partition coefficient (Wildman–Crippen LogP) is 20.2. The van der Waals surface area contributed by atoms with E-state index < -0.39 is 6.10 Å². The van der Waals surface area contributed by atoms with Crippen molar-refractivity contribution in [3.05, 3.63) is 158 Å². The second-order valence-electron chi connectivity index (χ2n) is 18.4. The van der Waals surface area contributed by atoms with Gasteiger partial charge in [0.05, 0.1) is 6.61 Å². The maximum atomic E-state index is 12.9. The normalized spacial score (nSPS) is 13.4. The van der Waals surface area contributed by atoms with Crippen LogP contribution >= 0.6 is 0 Å². The van der Waals surface area contributed by atoms with E-state index in [4.69, 9.17) is 14.2 Å². The molecule has 0 aromatic heterocycles. The number of allylic oxidation sites excluding steroid dienone is 26. The minimum atomic E-state index is -0.613. The number of esters is 2. The second kappa shape index (κ2) is 60.8. The van der Waals surface area contributed by atoms with Gasteiger partial charge in [-0.2, -0.15) is 0 Å². The third kappa shape index (κ3) is 58.1. The highest BCUT2D eigenvalue weighted by molar-refractivity contribution is 5.70. The van der Waals surface area contributed by atoms with Gasteiger partial charge in [0.25, 0.3) is 0 Å². The second-order valence-corrected chi connectivity index (χ2v) is 18.4. The highest BCUT2D eigenvalue weighted by atomic mass is 16.6. The molecule has 0 amide bonds. The Morgan fingerprint density at radius 1 is 0.319 bits per heavy atom. The van der Waals surface area contributed by atoms with Crippen LogP contribution in [0.15, 0.2) is 158 Å². The Labute approximate surface area is 444 Å². The topological polar surface area (TPSA) is 61.8 Å². The summed E-state index contributed by atoms with van der Waals surface area (Å²) >= 11 is 0. The van der Waals surface area contributed by atoms with Gasteiger partial charge in [0, 0.05) is 19.4 Å². The number of ether oxygens (including phenoxy) is 3. The first-order valence-corrected chi connectivity index (χ1v) is 29.0. The van der Waals surface area contributed by atoms with Gasteiger partial charge in [0.15, 0.2) is 6.10 Å². The van der Waals surface area contributed by atoms with Crippen LogP contribution in [0.1, 0.15) is 226 Å². The van der Waals surface area contributed by atoms with Crippen LogP contribution < -0.4 is 0 Å². The van der Waals surface area contributed by atoms with Crippen molar-refractivity contribution >= 4 is 11.9 Å². The van der Waals surface area contributed by atoms with Gasteiger partial charge in [0.1, 0.15) is 6.61 Å². The van der Waals surface area contributed by atoms with Crippen LogP contribution in [0, 0.1) is 0 Å². The lowest BCUT2D eigenvalue weighted by molar-refractivity contribution is -0.162. The van der Waals surface area contributed by atoms with Gasteiger partial charge < -0.3 is 14.2 Å². The van der Waals surface area contributed by atoms with Gasteiger partial charge in [-0.15, -0.1) is 0 Å². The Morgan fingerprint density at radius 2 is 0.653 bits per heavy atom. The lowest BCUT2D eigenvalue weighted by atomic mass is 10.1. The summed E-state index contributed by atoms with van der Waals surface area (Å²) < 4.78 is 17.3. The molecule has 1 unspecified atom stereocenters. The number of unbranched alkanes of at least 4 members (excludes halogenated alkanes) is 14. The molecule has 0 aliphatic heterocycles. The Kier molecular flexibility index (Phi) is 57.0. The zero-order chi connectivity index (χ0) is 52.0. The molecule has 0 aromatic carbocycles. The molecular formula is C67H106O5. The van der Waals surface area contributed by atoms with Crippen molar-refractivity contribution in [2.45, 2.75) is 232 Å². The summed E-state index contributed by atoms with van der Waals surface area (Å²) in [5, 5.41) is 0. The zero-order valence-electron chi connectivity index (χ0n) is 46.4. The fraction of sp³-hybridized carbons (Fsp3) is 0.582. The molecule has 5 heteroatoms. The number of hydrogen-bond acceptors (Lipinski definition) is 5. The van der Waals surface area contributed by atoms with Gasteiger partial charge in [0.2, 0.25) is 0 Å². The van der Waals surface area contributed by atoms with E-state index >= 15 is 0 Å². The average molecular weight is 992 g/mol. The minimum absolute atomic E-state index is 0.00963. The van der Waals surface area contributed by atoms with Crippen LogP contribution in [0.2, 0.25) is 0 Å². The molecule has 5 nitrogen and oxygen atoms in total. The Balaban J connectivity index is 4.54. The maximum Gasteiger partial charge on any atom is 0.306 e. The van der Waals surface area contributed by atoms with E-state index in [-0.39, 0.29) is 31.6 Å². The summed E-state index contributed by atoms with van der Waals surface area (Å²) in [6.45, 7) is 7.35. The zero-order valence-corrected chi connectivity index (χ0v) is 46.4. The molecule has 72 heavy (non-hydrogen) atoms. The molecule has 1 atom stereocenters. The third-order valence-corrected chi connectivity index (χ3v) is 11.5. The van der Waals surface area contributed by atoms with Crippen molar-refractivity contribution in [1.29, 1.82) is 0 Å². The molecule has 0 aromatic rings. The molecular weight excluding hydrogens is 885 g/mol. The standard InChI is InChI=1S/C67H106O5/c1-4-7-10-13-16-19-22-25-28-31-33-35-38-41-44-47-50-53-56-59-62-70-63-65(72-67(69)61-58-55-52-49-46-43-40-36-30-27-24-21-18-15-12-9-6-3)64-71-66(68)60-57-54-51-48-45-42-39-37-34-32-29-26-23-20-17-14-11-8-5-2/h7-8,10-11,16-17,19-20,25-30,33-35,37,41-42,44-45,50-51,53-54,65H,4-6,9,12-15,18,21-24,31-32,36,38-40,43,46-49,52,55-64H2,1-3H3/b10-7-,11-8-,19-16-,20-17-,28-25-,29-26-,30-27-,35-33-,37-34-,44-41-,45-42-,53-50-,54-51-.